The van der Waals surface area contributed by atoms with Gasteiger partial charge < -0.3 is 39.7 Å². The number of nitrogens with zero attached hydrogens (tertiary/aromatic N) is 12. The van der Waals surface area contributed by atoms with E-state index >= 15 is 0 Å². The van der Waals surface area contributed by atoms with E-state index < -0.39 is 130 Å². The second-order valence-electron chi connectivity index (χ2n) is 15.3. The third kappa shape index (κ3) is 16.3. The van der Waals surface area contributed by atoms with Crippen LogP contribution in [0.3, 0.4) is 0 Å². The molecule has 0 saturated heterocycles. The summed E-state index contributed by atoms with van der Waals surface area (Å²) in [7, 11) is -9.39. The summed E-state index contributed by atoms with van der Waals surface area (Å²) in [6.45, 7) is 0. The van der Waals surface area contributed by atoms with E-state index in [1.54, 1.807) is 0 Å². The third-order valence-corrected chi connectivity index (χ3v) is 12.0. The molecule has 0 aliphatic heterocycles. The minimum atomic E-state index is -4.69. The first kappa shape index (κ1) is 68.7. The Balaban J connectivity index is 0.000000410. The molecule has 38 heteroatoms. The van der Waals surface area contributed by atoms with Crippen molar-refractivity contribution in [3.8, 4) is 34.5 Å². The van der Waals surface area contributed by atoms with Crippen LogP contribution in [0.15, 0.2) is 172 Å². The van der Waals surface area contributed by atoms with E-state index in [1.807, 2.05) is 0 Å². The number of rotatable bonds is 14. The Morgan fingerprint density at radius 1 is 0.378 bits per heavy atom. The van der Waals surface area contributed by atoms with Gasteiger partial charge in [0.05, 0.1) is 75.7 Å². The van der Waals surface area contributed by atoms with Gasteiger partial charge in [-0.2, -0.15) is 20.5 Å². The van der Waals surface area contributed by atoms with Crippen molar-refractivity contribution >= 4 is 110 Å². The number of non-ortho nitro benzene ring substituents is 2. The fraction of sp³-hybridized carbons (Fsp3) is 0. The Labute approximate surface area is 533 Å². The third-order valence-electron chi connectivity index (χ3n) is 10.3. The first-order valence-electron chi connectivity index (χ1n) is 20.7. The summed E-state index contributed by atoms with van der Waals surface area (Å²) >= 11 is 0. The van der Waals surface area contributed by atoms with Crippen LogP contribution in [0.5, 0.6) is 34.5 Å². The van der Waals surface area contributed by atoms with Crippen LogP contribution in [0, 0.1) is 40.5 Å². The van der Waals surface area contributed by atoms with Gasteiger partial charge in [0.25, 0.3) is 22.7 Å². The maximum atomic E-state index is 12.3. The van der Waals surface area contributed by atoms with Gasteiger partial charge in [0.15, 0.2) is 0 Å². The standard InChI is InChI=1S/2C22H14N6O10S.Fe.3Na/c2*29-20-10-21(30)17(25-26-18-7-12(27(32)33)8-19(22(18)31)28(34)35)9-16(20)24-23-15-3-1-2-11-6-13(39(36,37)38)4-5-14(11)15;;;;/h2*1-10,29-31H,(H,36,37,38);;;;/q;;+3;3*+1/p-6. The SMILES string of the molecule is O=[N+]([O-])c1cc(N=Nc2cc(N=Nc3cccc4cc(S(=O)(=O)[O-])ccc34)c([O-])cc2O)c([O-])c([N+](=O)[O-])c1.O=[N+]([O-])c1cc(N=Nc2cc(N=Nc3cccc4cc(S(=O)(=O)[O-])ccc34)c([O-])cc2O)c([O-])c([N+](=O)[O-])c1.[Fe+3].[Na+].[Na+].[Na+]. The second-order valence-corrected chi connectivity index (χ2v) is 18.1. The van der Waals surface area contributed by atoms with Gasteiger partial charge in [-0.05, 0) is 71.4 Å². The van der Waals surface area contributed by atoms with E-state index in [0.29, 0.717) is 57.9 Å². The summed E-state index contributed by atoms with van der Waals surface area (Å²) < 4.78 is 67.7. The van der Waals surface area contributed by atoms with Gasteiger partial charge in [0, 0.05) is 34.4 Å². The zero-order chi connectivity index (χ0) is 57.0. The minimum absolute atomic E-state index is 0. The van der Waals surface area contributed by atoms with Crippen molar-refractivity contribution in [2.45, 2.75) is 9.79 Å². The van der Waals surface area contributed by atoms with Crippen LogP contribution in [0.4, 0.5) is 68.2 Å². The number of nitro benzene ring substituents is 4. The number of hydrogen-bond donors (Lipinski definition) is 2. The fourth-order valence-corrected chi connectivity index (χ4v) is 7.63. The molecule has 2 N–H and O–H groups in total. The van der Waals surface area contributed by atoms with Crippen molar-refractivity contribution in [2.24, 2.45) is 40.9 Å². The van der Waals surface area contributed by atoms with Crippen LogP contribution >= 0.6 is 0 Å². The van der Waals surface area contributed by atoms with E-state index in [0.717, 1.165) is 36.4 Å². The molecule has 0 amide bonds. The molecule has 0 bridgehead atoms. The summed E-state index contributed by atoms with van der Waals surface area (Å²) in [6.07, 6.45) is 0. The number of benzene rings is 8. The van der Waals surface area contributed by atoms with Gasteiger partial charge in [0.1, 0.15) is 43.1 Å². The molecule has 0 saturated carbocycles. The zero-order valence-corrected chi connectivity index (χ0v) is 50.1. The van der Waals surface area contributed by atoms with Crippen molar-refractivity contribution in [3.63, 3.8) is 0 Å². The molecule has 0 atom stereocenters. The number of azo groups is 4. The molecule has 0 aliphatic rings. The first-order chi connectivity index (χ1) is 36.7. The second kappa shape index (κ2) is 28.4. The first-order valence-corrected chi connectivity index (χ1v) is 23.5. The van der Waals surface area contributed by atoms with Crippen LogP contribution in [-0.2, 0) is 37.3 Å². The molecule has 0 unspecified atom stereocenters. The van der Waals surface area contributed by atoms with Gasteiger partial charge >= 0.3 is 106 Å². The van der Waals surface area contributed by atoms with Crippen molar-refractivity contribution < 1.29 is 182 Å². The molecule has 82 heavy (non-hydrogen) atoms. The average Bonchev–Trinajstić information content (AvgIpc) is 3.37. The topological polar surface area (TPSA) is 519 Å². The molecule has 8 rings (SSSR count). The Bertz CT molecular complexity index is 3970. The molecule has 1 radical (unpaired) electrons. The van der Waals surface area contributed by atoms with E-state index in [9.17, 15) is 97.0 Å². The summed E-state index contributed by atoms with van der Waals surface area (Å²) in [5.41, 5.74) is -6.49. The maximum absolute atomic E-state index is 12.3. The summed E-state index contributed by atoms with van der Waals surface area (Å²) in [5.74, 6) is -5.54. The summed E-state index contributed by atoms with van der Waals surface area (Å²) in [5, 5.41) is 145. The molecule has 32 nitrogen and oxygen atoms in total. The number of phenols is 2. The zero-order valence-electron chi connectivity index (χ0n) is 41.3. The van der Waals surface area contributed by atoms with Gasteiger partial charge in [-0.3, -0.25) is 40.5 Å². The fourth-order valence-electron chi connectivity index (χ4n) is 6.61. The smallest absolute Gasteiger partial charge is 0.871 e. The van der Waals surface area contributed by atoms with E-state index in [4.69, 9.17) is 0 Å². The van der Waals surface area contributed by atoms with Gasteiger partial charge in [-0.25, -0.2) is 16.8 Å². The van der Waals surface area contributed by atoms with Crippen LogP contribution in [0.25, 0.3) is 21.5 Å². The number of nitro groups is 4. The predicted molar refractivity (Wildman–Crippen MR) is 254 cm³/mol. The van der Waals surface area contributed by atoms with Crippen molar-refractivity contribution in [3.05, 3.63) is 162 Å². The van der Waals surface area contributed by atoms with E-state index in [1.165, 1.54) is 48.5 Å². The predicted octanol–water partition coefficient (Wildman–Crippen LogP) is -0.503. The van der Waals surface area contributed by atoms with Crippen molar-refractivity contribution in [1.82, 2.24) is 0 Å². The van der Waals surface area contributed by atoms with Crippen molar-refractivity contribution in [2.75, 3.05) is 0 Å². The monoisotopic (exact) mass is 1230 g/mol. The Kier molecular flexibility index (Phi) is 23.8. The van der Waals surface area contributed by atoms with Gasteiger partial charge in [-0.15, -0.1) is 20.5 Å². The molecule has 0 aliphatic carbocycles. The van der Waals surface area contributed by atoms with Crippen LogP contribution in [0.1, 0.15) is 0 Å². The van der Waals surface area contributed by atoms with Crippen LogP contribution in [-0.4, -0.2) is 55.8 Å². The molecule has 0 fully saturated rings. The van der Waals surface area contributed by atoms with E-state index in [-0.39, 0.29) is 128 Å². The average molecular weight is 1230 g/mol. The molecule has 0 aromatic heterocycles. The van der Waals surface area contributed by atoms with Crippen molar-refractivity contribution in [1.29, 1.82) is 0 Å². The normalized spacial score (nSPS) is 11.3. The van der Waals surface area contributed by atoms with E-state index in [2.05, 4.69) is 40.9 Å². The molecule has 8 aromatic carbocycles. The Morgan fingerprint density at radius 3 is 1.01 bits per heavy atom. The summed E-state index contributed by atoms with van der Waals surface area (Å²) in [6, 6.07) is 21.8. The molecular weight excluding hydrogens is 1210 g/mol. The molecule has 0 spiro atoms. The number of phenolic OH excluding ortho intramolecular Hbond substituents is 2. The Morgan fingerprint density at radius 2 is 0.695 bits per heavy atom. The Hall–Kier alpha value is -7.58. The number of aromatic hydroxyl groups is 2. The summed E-state index contributed by atoms with van der Waals surface area (Å²) in [4.78, 5) is 39.1. The largest absolute Gasteiger partial charge is 3.00 e. The maximum Gasteiger partial charge on any atom is 3.00 e. The molecular formula is C44H22FeN12Na3O20S2. The number of fused-ring (bicyclic) bond motifs is 2. The molecule has 8 aromatic rings. The minimum Gasteiger partial charge on any atom is -0.871 e. The van der Waals surface area contributed by atoms with Crippen LogP contribution < -0.4 is 109 Å². The quantitative estimate of drug-likeness (QED) is 0.0455. The van der Waals surface area contributed by atoms with Crippen LogP contribution in [0.2, 0.25) is 0 Å². The van der Waals surface area contributed by atoms with Gasteiger partial charge in [-0.1, -0.05) is 47.9 Å². The van der Waals surface area contributed by atoms with Gasteiger partial charge in [0.2, 0.25) is 0 Å². The number of hydrogen-bond acceptors (Lipinski definition) is 28. The molecule has 0 heterocycles. The molecule has 401 valence electrons.